The first-order valence-corrected chi connectivity index (χ1v) is 10.7. The number of rotatable bonds is 4. The van der Waals surface area contributed by atoms with Crippen molar-refractivity contribution < 1.29 is 5.11 Å². The lowest BCUT2D eigenvalue weighted by Crippen LogP contribution is -2.08. The van der Waals surface area contributed by atoms with Crippen LogP contribution in [0.2, 0.25) is 20.1 Å². The standard InChI is InChI=1S/C23H16Cl4N2O/c1-12-7-15(29-11-20(12)26)10-17(18-8-14(24)9-19(25)21(18)27)16-5-4-13-3-2-6-28-22(13)23(16)30/h2-9,11,17,30H,10H2,1H3. The fraction of sp³-hybridized carbons (Fsp3) is 0.130. The SMILES string of the molecule is Cc1cc(CC(c2cc(Cl)cc(Cl)c2Cl)c2ccc3cccnc3c2O)ncc1Cl. The molecule has 1 unspecified atom stereocenters. The molecule has 0 bridgehead atoms. The van der Waals surface area contributed by atoms with Gasteiger partial charge in [0.15, 0.2) is 0 Å². The van der Waals surface area contributed by atoms with Crippen LogP contribution in [0.4, 0.5) is 0 Å². The van der Waals surface area contributed by atoms with Crippen molar-refractivity contribution in [3.8, 4) is 5.75 Å². The van der Waals surface area contributed by atoms with Gasteiger partial charge in [0.05, 0.1) is 15.1 Å². The van der Waals surface area contributed by atoms with E-state index in [4.69, 9.17) is 46.4 Å². The summed E-state index contributed by atoms with van der Waals surface area (Å²) in [7, 11) is 0. The van der Waals surface area contributed by atoms with Gasteiger partial charge in [-0.15, -0.1) is 0 Å². The molecule has 7 heteroatoms. The van der Waals surface area contributed by atoms with Crippen LogP contribution in [0.5, 0.6) is 5.75 Å². The second-order valence-corrected chi connectivity index (χ2v) is 8.68. The first-order chi connectivity index (χ1) is 14.3. The highest BCUT2D eigenvalue weighted by Crippen LogP contribution is 2.42. The summed E-state index contributed by atoms with van der Waals surface area (Å²) < 4.78 is 0. The molecule has 2 aromatic carbocycles. The van der Waals surface area contributed by atoms with Gasteiger partial charge in [0.25, 0.3) is 0 Å². The number of phenolic OH excluding ortho intramolecular Hbond substituents is 1. The molecule has 0 fully saturated rings. The lowest BCUT2D eigenvalue weighted by molar-refractivity contribution is 0.469. The molecule has 4 rings (SSSR count). The Balaban J connectivity index is 1.92. The molecule has 0 spiro atoms. The molecule has 0 radical (unpaired) electrons. The van der Waals surface area contributed by atoms with Crippen molar-refractivity contribution in [2.45, 2.75) is 19.3 Å². The third kappa shape index (κ3) is 4.08. The number of halogens is 4. The van der Waals surface area contributed by atoms with Gasteiger partial charge in [0.2, 0.25) is 0 Å². The quantitative estimate of drug-likeness (QED) is 0.307. The van der Waals surface area contributed by atoms with E-state index in [-0.39, 0.29) is 11.7 Å². The Morgan fingerprint density at radius 2 is 1.73 bits per heavy atom. The largest absolute Gasteiger partial charge is 0.505 e. The normalized spacial score (nSPS) is 12.3. The van der Waals surface area contributed by atoms with Gasteiger partial charge in [-0.1, -0.05) is 64.6 Å². The van der Waals surface area contributed by atoms with Crippen molar-refractivity contribution in [2.75, 3.05) is 0 Å². The minimum atomic E-state index is -0.354. The number of aromatic hydroxyl groups is 1. The summed E-state index contributed by atoms with van der Waals surface area (Å²) in [6.07, 6.45) is 3.73. The topological polar surface area (TPSA) is 46.0 Å². The molecule has 3 nitrogen and oxygen atoms in total. The van der Waals surface area contributed by atoms with Gasteiger partial charge >= 0.3 is 0 Å². The second kappa shape index (κ2) is 8.60. The van der Waals surface area contributed by atoms with Crippen molar-refractivity contribution in [1.29, 1.82) is 0 Å². The van der Waals surface area contributed by atoms with Gasteiger partial charge in [-0.05, 0) is 42.3 Å². The van der Waals surface area contributed by atoms with E-state index in [9.17, 15) is 5.11 Å². The average molecular weight is 478 g/mol. The highest BCUT2D eigenvalue weighted by molar-refractivity contribution is 6.43. The van der Waals surface area contributed by atoms with Crippen LogP contribution >= 0.6 is 46.4 Å². The van der Waals surface area contributed by atoms with Crippen LogP contribution in [-0.4, -0.2) is 15.1 Å². The van der Waals surface area contributed by atoms with Gasteiger partial charge in [-0.25, -0.2) is 0 Å². The number of aromatic nitrogens is 2. The summed E-state index contributed by atoms with van der Waals surface area (Å²) >= 11 is 25.3. The van der Waals surface area contributed by atoms with Gasteiger partial charge in [0.1, 0.15) is 11.3 Å². The molecule has 4 aromatic rings. The zero-order chi connectivity index (χ0) is 21.4. The lowest BCUT2D eigenvalue weighted by atomic mass is 9.85. The maximum absolute atomic E-state index is 11.1. The zero-order valence-electron chi connectivity index (χ0n) is 15.8. The zero-order valence-corrected chi connectivity index (χ0v) is 18.9. The number of phenols is 1. The van der Waals surface area contributed by atoms with Crippen molar-refractivity contribution in [1.82, 2.24) is 9.97 Å². The number of hydrogen-bond donors (Lipinski definition) is 1. The first-order valence-electron chi connectivity index (χ1n) is 9.17. The molecule has 0 aliphatic carbocycles. The number of benzene rings is 2. The predicted molar refractivity (Wildman–Crippen MR) is 124 cm³/mol. The van der Waals surface area contributed by atoms with Crippen molar-refractivity contribution >= 4 is 57.3 Å². The monoisotopic (exact) mass is 476 g/mol. The highest BCUT2D eigenvalue weighted by Gasteiger charge is 2.25. The number of aryl methyl sites for hydroxylation is 1. The number of nitrogens with zero attached hydrogens (tertiary/aromatic N) is 2. The van der Waals surface area contributed by atoms with E-state index < -0.39 is 0 Å². The number of fused-ring (bicyclic) bond motifs is 1. The minimum Gasteiger partial charge on any atom is -0.505 e. The first kappa shape index (κ1) is 21.2. The van der Waals surface area contributed by atoms with Crippen LogP contribution in [0.1, 0.15) is 28.3 Å². The van der Waals surface area contributed by atoms with Crippen LogP contribution in [-0.2, 0) is 6.42 Å². The fourth-order valence-electron chi connectivity index (χ4n) is 3.56. The van der Waals surface area contributed by atoms with Crippen LogP contribution in [0.15, 0.2) is 54.9 Å². The molecule has 152 valence electrons. The third-order valence-electron chi connectivity index (χ3n) is 5.07. The summed E-state index contributed by atoms with van der Waals surface area (Å²) in [4.78, 5) is 8.80. The molecule has 2 heterocycles. The smallest absolute Gasteiger partial charge is 0.145 e. The minimum absolute atomic E-state index is 0.0935. The Labute approximate surface area is 194 Å². The van der Waals surface area contributed by atoms with E-state index in [1.165, 1.54) is 0 Å². The Bertz CT molecular complexity index is 1260. The Morgan fingerprint density at radius 1 is 0.933 bits per heavy atom. The summed E-state index contributed by atoms with van der Waals surface area (Å²) in [5.74, 6) is -0.260. The van der Waals surface area contributed by atoms with Crippen LogP contribution in [0.3, 0.4) is 0 Å². The molecular weight excluding hydrogens is 462 g/mol. The fourth-order valence-corrected chi connectivity index (χ4v) is 4.42. The molecule has 0 aliphatic heterocycles. The molecule has 0 aliphatic rings. The molecule has 0 amide bonds. The molecular formula is C23H16Cl4N2O. The van der Waals surface area contributed by atoms with Crippen molar-refractivity contribution in [3.05, 3.63) is 97.3 Å². The Morgan fingerprint density at radius 3 is 2.50 bits per heavy atom. The molecule has 30 heavy (non-hydrogen) atoms. The Hall–Kier alpha value is -2.04. The maximum Gasteiger partial charge on any atom is 0.145 e. The molecule has 1 N–H and O–H groups in total. The van der Waals surface area contributed by atoms with Crippen LogP contribution in [0.25, 0.3) is 10.9 Å². The summed E-state index contributed by atoms with van der Waals surface area (Å²) in [5, 5.41) is 13.7. The van der Waals surface area contributed by atoms with E-state index in [0.29, 0.717) is 43.2 Å². The van der Waals surface area contributed by atoms with Gasteiger partial charge in [-0.2, -0.15) is 0 Å². The number of hydrogen-bond acceptors (Lipinski definition) is 3. The van der Waals surface area contributed by atoms with E-state index in [1.54, 1.807) is 24.5 Å². The highest BCUT2D eigenvalue weighted by atomic mass is 35.5. The lowest BCUT2D eigenvalue weighted by Gasteiger charge is -2.22. The van der Waals surface area contributed by atoms with E-state index in [2.05, 4.69) is 9.97 Å². The summed E-state index contributed by atoms with van der Waals surface area (Å²) in [5.41, 5.74) is 3.60. The van der Waals surface area contributed by atoms with E-state index in [0.717, 1.165) is 16.6 Å². The molecule has 2 aromatic heterocycles. The molecule has 0 saturated heterocycles. The Kier molecular flexibility index (Phi) is 6.08. The summed E-state index contributed by atoms with van der Waals surface area (Å²) in [6, 6.07) is 12.8. The van der Waals surface area contributed by atoms with Crippen LogP contribution in [0, 0.1) is 6.92 Å². The molecule has 1 atom stereocenters. The van der Waals surface area contributed by atoms with Gasteiger partial charge in [-0.3, -0.25) is 9.97 Å². The maximum atomic E-state index is 11.1. The van der Waals surface area contributed by atoms with Crippen molar-refractivity contribution in [3.63, 3.8) is 0 Å². The second-order valence-electron chi connectivity index (χ2n) is 7.05. The van der Waals surface area contributed by atoms with Crippen LogP contribution < -0.4 is 0 Å². The van der Waals surface area contributed by atoms with Gasteiger partial charge in [0, 0.05) is 46.4 Å². The van der Waals surface area contributed by atoms with Crippen molar-refractivity contribution in [2.24, 2.45) is 0 Å². The molecule has 0 saturated carbocycles. The number of pyridine rings is 2. The predicted octanol–water partition coefficient (Wildman–Crippen LogP) is 7.63. The summed E-state index contributed by atoms with van der Waals surface area (Å²) in [6.45, 7) is 1.92. The van der Waals surface area contributed by atoms with E-state index in [1.807, 2.05) is 37.3 Å². The van der Waals surface area contributed by atoms with Gasteiger partial charge < -0.3 is 5.11 Å². The average Bonchev–Trinajstić information content (AvgIpc) is 2.72. The third-order valence-corrected chi connectivity index (χ3v) is 6.50. The van der Waals surface area contributed by atoms with E-state index >= 15 is 0 Å².